The Morgan fingerprint density at radius 2 is 1.77 bits per heavy atom. The van der Waals surface area contributed by atoms with Gasteiger partial charge in [0.1, 0.15) is 13.2 Å². The lowest BCUT2D eigenvalue weighted by molar-refractivity contribution is 0.171. The molecule has 2 rings (SSSR count). The van der Waals surface area contributed by atoms with Crippen molar-refractivity contribution in [3.63, 3.8) is 0 Å². The molecule has 0 fully saturated rings. The number of hydrogen-bond donors (Lipinski definition) is 1. The fourth-order valence-electron chi connectivity index (χ4n) is 1.46. The molecule has 70 valence electrons. The van der Waals surface area contributed by atoms with Crippen molar-refractivity contribution in [3.05, 3.63) is 17.7 Å². The lowest BCUT2D eigenvalue weighted by Crippen LogP contribution is -2.15. The van der Waals surface area contributed by atoms with E-state index >= 15 is 0 Å². The molecule has 3 heteroatoms. The summed E-state index contributed by atoms with van der Waals surface area (Å²) in [6, 6.07) is 3.98. The zero-order valence-electron chi connectivity index (χ0n) is 7.89. The number of hydrogen-bond acceptors (Lipinski definition) is 3. The van der Waals surface area contributed by atoms with Gasteiger partial charge >= 0.3 is 0 Å². The maximum Gasteiger partial charge on any atom is 0.163 e. The van der Waals surface area contributed by atoms with Crippen LogP contribution in [0.15, 0.2) is 12.1 Å². The summed E-state index contributed by atoms with van der Waals surface area (Å²) in [4.78, 5) is 0. The number of benzene rings is 1. The van der Waals surface area contributed by atoms with Gasteiger partial charge in [0.2, 0.25) is 0 Å². The van der Waals surface area contributed by atoms with Crippen LogP contribution in [0.5, 0.6) is 11.5 Å². The predicted molar refractivity (Wildman–Crippen MR) is 51.7 cm³/mol. The molecule has 1 N–H and O–H groups in total. The highest BCUT2D eigenvalue weighted by atomic mass is 16.6. The van der Waals surface area contributed by atoms with Gasteiger partial charge in [-0.15, -0.1) is 0 Å². The van der Waals surface area contributed by atoms with Crippen molar-refractivity contribution in [2.75, 3.05) is 25.6 Å². The number of nitrogens with one attached hydrogen (secondary N) is 1. The highest BCUT2D eigenvalue weighted by molar-refractivity contribution is 5.60. The SMILES string of the molecule is CNc1cc2c(cc1C)OCCO2. The summed E-state index contributed by atoms with van der Waals surface area (Å²) in [5.74, 6) is 1.68. The van der Waals surface area contributed by atoms with Crippen molar-refractivity contribution >= 4 is 5.69 Å². The molecule has 0 spiro atoms. The predicted octanol–water partition coefficient (Wildman–Crippen LogP) is 1.81. The van der Waals surface area contributed by atoms with Gasteiger partial charge in [0, 0.05) is 18.8 Å². The monoisotopic (exact) mass is 179 g/mol. The van der Waals surface area contributed by atoms with Crippen molar-refractivity contribution in [1.82, 2.24) is 0 Å². The van der Waals surface area contributed by atoms with Gasteiger partial charge < -0.3 is 14.8 Å². The molecular weight excluding hydrogens is 166 g/mol. The molecule has 0 aliphatic carbocycles. The van der Waals surface area contributed by atoms with Crippen molar-refractivity contribution < 1.29 is 9.47 Å². The minimum atomic E-state index is 0.638. The summed E-state index contributed by atoms with van der Waals surface area (Å²) in [6.07, 6.45) is 0. The van der Waals surface area contributed by atoms with Gasteiger partial charge in [-0.2, -0.15) is 0 Å². The Balaban J connectivity index is 2.44. The molecule has 1 aliphatic rings. The Bertz CT molecular complexity index is 323. The fourth-order valence-corrected chi connectivity index (χ4v) is 1.46. The first-order valence-electron chi connectivity index (χ1n) is 4.39. The van der Waals surface area contributed by atoms with Crippen LogP contribution in [-0.2, 0) is 0 Å². The molecule has 13 heavy (non-hydrogen) atoms. The first-order chi connectivity index (χ1) is 6.31. The number of aryl methyl sites for hydroxylation is 1. The number of fused-ring (bicyclic) bond motifs is 1. The molecule has 0 radical (unpaired) electrons. The van der Waals surface area contributed by atoms with E-state index in [2.05, 4.69) is 5.32 Å². The minimum absolute atomic E-state index is 0.638. The average molecular weight is 179 g/mol. The standard InChI is InChI=1S/C10H13NO2/c1-7-5-9-10(6-8(7)11-2)13-4-3-12-9/h5-6,11H,3-4H2,1-2H3. The van der Waals surface area contributed by atoms with Crippen LogP contribution in [0.2, 0.25) is 0 Å². The lowest BCUT2D eigenvalue weighted by Gasteiger charge is -2.20. The molecule has 1 aromatic rings. The summed E-state index contributed by atoms with van der Waals surface area (Å²) >= 11 is 0. The zero-order valence-corrected chi connectivity index (χ0v) is 7.89. The van der Waals surface area contributed by atoms with Crippen LogP contribution in [0.3, 0.4) is 0 Å². The Hall–Kier alpha value is -1.38. The lowest BCUT2D eigenvalue weighted by atomic mass is 10.1. The summed E-state index contributed by atoms with van der Waals surface area (Å²) in [7, 11) is 1.90. The van der Waals surface area contributed by atoms with E-state index in [1.54, 1.807) is 0 Å². The molecule has 0 aromatic heterocycles. The van der Waals surface area contributed by atoms with Gasteiger partial charge in [0.05, 0.1) is 0 Å². The first-order valence-corrected chi connectivity index (χ1v) is 4.39. The first kappa shape index (κ1) is 8.23. The molecule has 0 amide bonds. The average Bonchev–Trinajstić information content (AvgIpc) is 2.17. The number of ether oxygens (including phenoxy) is 2. The van der Waals surface area contributed by atoms with Gasteiger partial charge in [0.25, 0.3) is 0 Å². The van der Waals surface area contributed by atoms with Crippen LogP contribution < -0.4 is 14.8 Å². The maximum absolute atomic E-state index is 5.46. The smallest absolute Gasteiger partial charge is 0.163 e. The molecule has 0 saturated heterocycles. The second-order valence-corrected chi connectivity index (χ2v) is 3.06. The van der Waals surface area contributed by atoms with E-state index in [4.69, 9.17) is 9.47 Å². The van der Waals surface area contributed by atoms with Crippen LogP contribution in [-0.4, -0.2) is 20.3 Å². The van der Waals surface area contributed by atoms with Crippen LogP contribution in [0.1, 0.15) is 5.56 Å². The summed E-state index contributed by atoms with van der Waals surface area (Å²) < 4.78 is 10.9. The van der Waals surface area contributed by atoms with E-state index in [9.17, 15) is 0 Å². The van der Waals surface area contributed by atoms with Gasteiger partial charge in [-0.1, -0.05) is 0 Å². The minimum Gasteiger partial charge on any atom is -0.486 e. The molecule has 3 nitrogen and oxygen atoms in total. The largest absolute Gasteiger partial charge is 0.486 e. The third kappa shape index (κ3) is 1.41. The van der Waals surface area contributed by atoms with E-state index in [-0.39, 0.29) is 0 Å². The quantitative estimate of drug-likeness (QED) is 0.713. The van der Waals surface area contributed by atoms with Crippen LogP contribution >= 0.6 is 0 Å². The molecule has 0 bridgehead atoms. The van der Waals surface area contributed by atoms with Gasteiger partial charge in [-0.25, -0.2) is 0 Å². The van der Waals surface area contributed by atoms with E-state index in [1.807, 2.05) is 26.1 Å². The Morgan fingerprint density at radius 1 is 1.15 bits per heavy atom. The molecule has 1 aromatic carbocycles. The van der Waals surface area contributed by atoms with Gasteiger partial charge in [-0.05, 0) is 18.6 Å². The highest BCUT2D eigenvalue weighted by Gasteiger charge is 2.13. The summed E-state index contributed by atoms with van der Waals surface area (Å²) in [6.45, 7) is 3.33. The van der Waals surface area contributed by atoms with E-state index < -0.39 is 0 Å². The third-order valence-electron chi connectivity index (χ3n) is 2.16. The fraction of sp³-hybridized carbons (Fsp3) is 0.400. The molecule has 0 unspecified atom stereocenters. The van der Waals surface area contributed by atoms with Crippen LogP contribution in [0.4, 0.5) is 5.69 Å². The van der Waals surface area contributed by atoms with Crippen molar-refractivity contribution in [1.29, 1.82) is 0 Å². The van der Waals surface area contributed by atoms with E-state index in [0.717, 1.165) is 17.2 Å². The molecule has 0 saturated carbocycles. The van der Waals surface area contributed by atoms with Crippen LogP contribution in [0, 0.1) is 6.92 Å². The van der Waals surface area contributed by atoms with Crippen molar-refractivity contribution in [2.45, 2.75) is 6.92 Å². The normalized spacial score (nSPS) is 14.0. The second kappa shape index (κ2) is 3.17. The summed E-state index contributed by atoms with van der Waals surface area (Å²) in [5, 5.41) is 3.11. The van der Waals surface area contributed by atoms with Gasteiger partial charge in [0.15, 0.2) is 11.5 Å². The highest BCUT2D eigenvalue weighted by Crippen LogP contribution is 2.34. The van der Waals surface area contributed by atoms with E-state index in [0.29, 0.717) is 13.2 Å². The van der Waals surface area contributed by atoms with Crippen LogP contribution in [0.25, 0.3) is 0 Å². The number of anilines is 1. The summed E-state index contributed by atoms with van der Waals surface area (Å²) in [5.41, 5.74) is 2.26. The Labute approximate surface area is 77.7 Å². The van der Waals surface area contributed by atoms with Crippen molar-refractivity contribution in [2.24, 2.45) is 0 Å². The molecular formula is C10H13NO2. The van der Waals surface area contributed by atoms with Gasteiger partial charge in [-0.3, -0.25) is 0 Å². The molecule has 0 atom stereocenters. The Kier molecular flexibility index (Phi) is 2.00. The molecule has 1 aliphatic heterocycles. The zero-order chi connectivity index (χ0) is 9.26. The Morgan fingerprint density at radius 3 is 2.38 bits per heavy atom. The topological polar surface area (TPSA) is 30.5 Å². The van der Waals surface area contributed by atoms with Crippen molar-refractivity contribution in [3.8, 4) is 11.5 Å². The third-order valence-corrected chi connectivity index (χ3v) is 2.16. The van der Waals surface area contributed by atoms with E-state index in [1.165, 1.54) is 5.56 Å². The molecule has 1 heterocycles. The maximum atomic E-state index is 5.46. The number of rotatable bonds is 1. The second-order valence-electron chi connectivity index (χ2n) is 3.06.